The van der Waals surface area contributed by atoms with Gasteiger partial charge in [-0.2, -0.15) is 4.31 Å². The zero-order chi connectivity index (χ0) is 32.4. The van der Waals surface area contributed by atoms with Crippen LogP contribution in [0.5, 0.6) is 5.75 Å². The molecule has 2 amide bonds. The summed E-state index contributed by atoms with van der Waals surface area (Å²) >= 11 is 6.11. The van der Waals surface area contributed by atoms with Crippen LogP contribution in [0.2, 0.25) is 5.02 Å². The van der Waals surface area contributed by atoms with Gasteiger partial charge in [-0.15, -0.1) is 0 Å². The summed E-state index contributed by atoms with van der Waals surface area (Å²) in [7, 11) is -3.67. The third-order valence-corrected chi connectivity index (χ3v) is 9.67. The fraction of sp³-hybridized carbons (Fsp3) is 0.265. The van der Waals surface area contributed by atoms with Gasteiger partial charge < -0.3 is 19.7 Å². The molecule has 5 rings (SSSR count). The van der Waals surface area contributed by atoms with Crippen LogP contribution < -0.4 is 10.1 Å². The second-order valence-electron chi connectivity index (χ2n) is 10.7. The highest BCUT2D eigenvalue weighted by Gasteiger charge is 2.31. The van der Waals surface area contributed by atoms with Crippen molar-refractivity contribution in [2.24, 2.45) is 0 Å². The molecule has 0 spiro atoms. The average molecular weight is 663 g/mol. The molecular formula is C34H35ClN4O6S. The fourth-order valence-electron chi connectivity index (χ4n) is 5.01. The Morgan fingerprint density at radius 2 is 1.61 bits per heavy atom. The number of benzene rings is 3. The van der Waals surface area contributed by atoms with Crippen LogP contribution in [0.3, 0.4) is 0 Å². The highest BCUT2D eigenvalue weighted by molar-refractivity contribution is 7.89. The maximum absolute atomic E-state index is 13.9. The normalized spacial score (nSPS) is 14.3. The van der Waals surface area contributed by atoms with E-state index in [0.717, 1.165) is 11.1 Å². The predicted octanol–water partition coefficient (Wildman–Crippen LogP) is 4.09. The van der Waals surface area contributed by atoms with Gasteiger partial charge in [0.1, 0.15) is 11.8 Å². The number of ether oxygens (including phenoxy) is 2. The van der Waals surface area contributed by atoms with Crippen LogP contribution in [0, 0.1) is 0 Å². The predicted molar refractivity (Wildman–Crippen MR) is 174 cm³/mol. The van der Waals surface area contributed by atoms with Gasteiger partial charge >= 0.3 is 0 Å². The molecule has 2 heterocycles. The SMILES string of the molecule is O=C(NCc1ccccn1)[C@@H](Cc1ccccc1)N(Cc1ccc(Cl)cc1)C(=O)COc1ccc(S(=O)(=O)N2CCOCC2)cc1. The van der Waals surface area contributed by atoms with Crippen LogP contribution in [-0.4, -0.2) is 73.4 Å². The van der Waals surface area contributed by atoms with Gasteiger partial charge in [0.05, 0.1) is 30.3 Å². The number of amides is 2. The monoisotopic (exact) mass is 662 g/mol. The van der Waals surface area contributed by atoms with Gasteiger partial charge in [0, 0.05) is 37.3 Å². The summed E-state index contributed by atoms with van der Waals surface area (Å²) in [6, 6.07) is 27.1. The Balaban J connectivity index is 1.35. The van der Waals surface area contributed by atoms with E-state index in [1.807, 2.05) is 54.6 Å². The number of pyridine rings is 1. The number of carbonyl (C=O) groups excluding carboxylic acids is 2. The van der Waals surface area contributed by atoms with Crippen molar-refractivity contribution in [3.63, 3.8) is 0 Å². The number of aromatic nitrogens is 1. The van der Waals surface area contributed by atoms with E-state index in [0.29, 0.717) is 29.7 Å². The van der Waals surface area contributed by atoms with Crippen LogP contribution in [-0.2, 0) is 43.9 Å². The summed E-state index contributed by atoms with van der Waals surface area (Å²) in [4.78, 5) is 33.6. The highest BCUT2D eigenvalue weighted by Crippen LogP contribution is 2.22. The molecule has 1 fully saturated rings. The zero-order valence-corrected chi connectivity index (χ0v) is 26.7. The number of carbonyl (C=O) groups is 2. The van der Waals surface area contributed by atoms with Crippen LogP contribution in [0.1, 0.15) is 16.8 Å². The third-order valence-electron chi connectivity index (χ3n) is 7.50. The number of morpholine rings is 1. The lowest BCUT2D eigenvalue weighted by Crippen LogP contribution is -2.51. The Morgan fingerprint density at radius 3 is 2.28 bits per heavy atom. The van der Waals surface area contributed by atoms with Crippen molar-refractivity contribution in [3.8, 4) is 5.75 Å². The summed E-state index contributed by atoms with van der Waals surface area (Å²) in [6.07, 6.45) is 1.92. The summed E-state index contributed by atoms with van der Waals surface area (Å²) < 4.78 is 38.5. The molecule has 0 radical (unpaired) electrons. The van der Waals surface area contributed by atoms with E-state index in [1.165, 1.54) is 33.5 Å². The second-order valence-corrected chi connectivity index (χ2v) is 13.0. The molecule has 1 saturated heterocycles. The number of hydrogen-bond acceptors (Lipinski definition) is 7. The Hall–Kier alpha value is -4.29. The summed E-state index contributed by atoms with van der Waals surface area (Å²) in [6.45, 7) is 1.23. The van der Waals surface area contributed by atoms with Gasteiger partial charge in [0.2, 0.25) is 15.9 Å². The Bertz CT molecular complexity index is 1690. The molecule has 1 N–H and O–H groups in total. The van der Waals surface area contributed by atoms with Crippen LogP contribution in [0.4, 0.5) is 0 Å². The first-order valence-corrected chi connectivity index (χ1v) is 16.7. The molecule has 240 valence electrons. The van der Waals surface area contributed by atoms with Crippen LogP contribution in [0.25, 0.3) is 0 Å². The van der Waals surface area contributed by atoms with E-state index in [1.54, 1.807) is 24.4 Å². The lowest BCUT2D eigenvalue weighted by molar-refractivity contribution is -0.142. The fourth-order valence-corrected chi connectivity index (χ4v) is 6.54. The van der Waals surface area contributed by atoms with Crippen molar-refractivity contribution in [1.82, 2.24) is 19.5 Å². The molecule has 1 atom stereocenters. The van der Waals surface area contributed by atoms with E-state index < -0.39 is 22.0 Å². The largest absolute Gasteiger partial charge is 0.484 e. The maximum atomic E-state index is 13.9. The molecule has 1 aromatic heterocycles. The molecule has 0 bridgehead atoms. The number of hydrogen-bond donors (Lipinski definition) is 1. The highest BCUT2D eigenvalue weighted by atomic mass is 35.5. The maximum Gasteiger partial charge on any atom is 0.261 e. The molecule has 12 heteroatoms. The van der Waals surface area contributed by atoms with Crippen molar-refractivity contribution in [2.45, 2.75) is 30.4 Å². The van der Waals surface area contributed by atoms with Crippen molar-refractivity contribution in [3.05, 3.63) is 125 Å². The number of sulfonamides is 1. The minimum atomic E-state index is -3.67. The lowest BCUT2D eigenvalue weighted by Gasteiger charge is -2.31. The van der Waals surface area contributed by atoms with Gasteiger partial charge in [-0.3, -0.25) is 14.6 Å². The quantitative estimate of drug-likeness (QED) is 0.229. The Kier molecular flexibility index (Phi) is 11.4. The van der Waals surface area contributed by atoms with E-state index in [2.05, 4.69) is 10.3 Å². The topological polar surface area (TPSA) is 118 Å². The van der Waals surface area contributed by atoms with Crippen molar-refractivity contribution in [1.29, 1.82) is 0 Å². The number of halogens is 1. The average Bonchev–Trinajstić information content (AvgIpc) is 3.10. The van der Waals surface area contributed by atoms with Gasteiger partial charge in [-0.1, -0.05) is 60.1 Å². The first kappa shape index (κ1) is 33.1. The number of nitrogens with zero attached hydrogens (tertiary/aromatic N) is 3. The van der Waals surface area contributed by atoms with Gasteiger partial charge in [0.25, 0.3) is 5.91 Å². The first-order chi connectivity index (χ1) is 22.3. The molecule has 0 saturated carbocycles. The molecule has 10 nitrogen and oxygen atoms in total. The molecule has 1 aliphatic heterocycles. The minimum Gasteiger partial charge on any atom is -0.484 e. The molecular weight excluding hydrogens is 628 g/mol. The molecule has 0 aliphatic carbocycles. The summed E-state index contributed by atoms with van der Waals surface area (Å²) in [5.74, 6) is -0.441. The van der Waals surface area contributed by atoms with Gasteiger partial charge in [0.15, 0.2) is 6.61 Å². The van der Waals surface area contributed by atoms with Crippen molar-refractivity contribution in [2.75, 3.05) is 32.9 Å². The summed E-state index contributed by atoms with van der Waals surface area (Å²) in [5, 5.41) is 3.50. The molecule has 0 unspecified atom stereocenters. The van der Waals surface area contributed by atoms with Crippen LogP contribution >= 0.6 is 11.6 Å². The van der Waals surface area contributed by atoms with Gasteiger partial charge in [-0.05, 0) is 59.7 Å². The van der Waals surface area contributed by atoms with E-state index >= 15 is 0 Å². The summed E-state index contributed by atoms with van der Waals surface area (Å²) in [5.41, 5.74) is 2.35. The molecule has 4 aromatic rings. The van der Waals surface area contributed by atoms with E-state index in [-0.39, 0.29) is 50.0 Å². The molecule has 46 heavy (non-hydrogen) atoms. The Morgan fingerprint density at radius 1 is 0.913 bits per heavy atom. The van der Waals surface area contributed by atoms with E-state index in [9.17, 15) is 18.0 Å². The Labute approximate surface area is 274 Å². The lowest BCUT2D eigenvalue weighted by atomic mass is 10.0. The van der Waals surface area contributed by atoms with Crippen molar-refractivity contribution >= 4 is 33.4 Å². The zero-order valence-electron chi connectivity index (χ0n) is 25.1. The minimum absolute atomic E-state index is 0.130. The van der Waals surface area contributed by atoms with Crippen molar-refractivity contribution < 1.29 is 27.5 Å². The number of nitrogens with one attached hydrogen (secondary N) is 1. The molecule has 3 aromatic carbocycles. The first-order valence-electron chi connectivity index (χ1n) is 14.9. The third kappa shape index (κ3) is 8.91. The van der Waals surface area contributed by atoms with E-state index in [4.69, 9.17) is 21.1 Å². The standard InChI is InChI=1S/C34H35ClN4O6S/c35-28-11-9-27(10-12-28)24-39(32(22-26-6-2-1-3-7-26)34(41)37-23-29-8-4-5-17-36-29)33(40)25-45-30-13-15-31(16-14-30)46(42,43)38-18-20-44-21-19-38/h1-17,32H,18-25H2,(H,37,41)/t32-/m1/s1. The smallest absolute Gasteiger partial charge is 0.261 e. The molecule has 1 aliphatic rings. The van der Waals surface area contributed by atoms with Gasteiger partial charge in [-0.25, -0.2) is 8.42 Å². The van der Waals surface area contributed by atoms with Crippen LogP contribution in [0.15, 0.2) is 108 Å². The second kappa shape index (κ2) is 15.8. The number of rotatable bonds is 13.